The van der Waals surface area contributed by atoms with E-state index in [2.05, 4.69) is 20.5 Å². The van der Waals surface area contributed by atoms with Crippen LogP contribution in [0.1, 0.15) is 63.6 Å². The van der Waals surface area contributed by atoms with Crippen LogP contribution in [-0.4, -0.2) is 64.9 Å². The van der Waals surface area contributed by atoms with E-state index in [1.165, 1.54) is 12.3 Å². The van der Waals surface area contributed by atoms with Crippen LogP contribution < -0.4 is 15.5 Å². The number of aliphatic carboxylic acids is 1. The summed E-state index contributed by atoms with van der Waals surface area (Å²) in [6, 6.07) is 14.7. The number of amides is 3. The minimum absolute atomic E-state index is 0.150. The minimum Gasteiger partial charge on any atom is -0.481 e. The summed E-state index contributed by atoms with van der Waals surface area (Å²) in [6.45, 7) is 4.41. The molecule has 11 heteroatoms. The summed E-state index contributed by atoms with van der Waals surface area (Å²) in [6.07, 6.45) is 3.76. The fraction of sp³-hybridized carbons (Fsp3) is 0.344. The van der Waals surface area contributed by atoms with E-state index in [1.54, 1.807) is 36.4 Å². The Morgan fingerprint density at radius 3 is 2.37 bits per heavy atom. The first kappa shape index (κ1) is 30.0. The van der Waals surface area contributed by atoms with Gasteiger partial charge >= 0.3 is 5.97 Å². The minimum atomic E-state index is -1.04. The molecule has 1 saturated heterocycles. The lowest BCUT2D eigenvalue weighted by Crippen LogP contribution is -2.36. The molecule has 1 unspecified atom stereocenters. The summed E-state index contributed by atoms with van der Waals surface area (Å²) in [5, 5.41) is 15.5. The molecule has 2 fully saturated rings. The van der Waals surface area contributed by atoms with Crippen molar-refractivity contribution in [2.75, 3.05) is 36.4 Å². The molecule has 1 saturated carbocycles. The number of carboxylic acids is 1. The van der Waals surface area contributed by atoms with Gasteiger partial charge in [0.25, 0.3) is 11.8 Å². The number of nitrogens with one attached hydrogen (secondary N) is 2. The molecule has 3 amide bonds. The van der Waals surface area contributed by atoms with Gasteiger partial charge in [0, 0.05) is 43.9 Å². The third-order valence-corrected chi connectivity index (χ3v) is 7.96. The van der Waals surface area contributed by atoms with E-state index < -0.39 is 23.8 Å². The topological polar surface area (TPSA) is 132 Å². The molecule has 3 aromatic rings. The summed E-state index contributed by atoms with van der Waals surface area (Å²) in [5.41, 5.74) is 3.38. The van der Waals surface area contributed by atoms with Gasteiger partial charge in [-0.1, -0.05) is 41.4 Å². The summed E-state index contributed by atoms with van der Waals surface area (Å²) in [4.78, 5) is 59.0. The predicted octanol–water partition coefficient (Wildman–Crippen LogP) is 4.69. The van der Waals surface area contributed by atoms with Crippen LogP contribution in [0.15, 0.2) is 60.8 Å². The van der Waals surface area contributed by atoms with Gasteiger partial charge in [-0.25, -0.2) is 4.98 Å². The molecule has 0 spiro atoms. The van der Waals surface area contributed by atoms with Gasteiger partial charge < -0.3 is 25.5 Å². The maximum atomic E-state index is 13.5. The van der Waals surface area contributed by atoms with E-state index in [1.807, 2.05) is 24.0 Å². The molecule has 2 aliphatic rings. The molecule has 10 nitrogen and oxygen atoms in total. The molecule has 0 bridgehead atoms. The van der Waals surface area contributed by atoms with Crippen LogP contribution >= 0.6 is 11.6 Å². The molecule has 5 rings (SSSR count). The molecule has 2 aromatic carbocycles. The Labute approximate surface area is 255 Å². The van der Waals surface area contributed by atoms with Crippen molar-refractivity contribution < 1.29 is 24.3 Å². The third kappa shape index (κ3) is 7.70. The highest BCUT2D eigenvalue weighted by Gasteiger charge is 2.34. The van der Waals surface area contributed by atoms with Crippen molar-refractivity contribution in [1.82, 2.24) is 15.2 Å². The number of anilines is 2. The first-order valence-electron chi connectivity index (χ1n) is 14.4. The number of hydrogen-bond acceptors (Lipinski definition) is 6. The van der Waals surface area contributed by atoms with E-state index in [0.29, 0.717) is 48.7 Å². The Hall–Kier alpha value is -4.44. The lowest BCUT2D eigenvalue weighted by atomic mass is 10.0. The van der Waals surface area contributed by atoms with Crippen LogP contribution in [0.25, 0.3) is 0 Å². The molecular formula is C32H34ClN5O5. The quantitative estimate of drug-likeness (QED) is 0.302. The molecule has 2 heterocycles. The average Bonchev–Trinajstić information content (AvgIpc) is 3.85. The van der Waals surface area contributed by atoms with Crippen LogP contribution in [0, 0.1) is 12.8 Å². The Balaban J connectivity index is 1.41. The second-order valence-electron chi connectivity index (χ2n) is 11.0. The second-order valence-corrected chi connectivity index (χ2v) is 11.4. The van der Waals surface area contributed by atoms with Gasteiger partial charge in [-0.05, 0) is 62.1 Å². The van der Waals surface area contributed by atoms with E-state index in [4.69, 9.17) is 11.6 Å². The number of aromatic nitrogens is 1. The van der Waals surface area contributed by atoms with Crippen molar-refractivity contribution in [3.8, 4) is 0 Å². The van der Waals surface area contributed by atoms with Crippen LogP contribution in [0.4, 0.5) is 11.4 Å². The lowest BCUT2D eigenvalue weighted by Gasteiger charge is -2.27. The molecule has 1 aliphatic carbocycles. The van der Waals surface area contributed by atoms with E-state index >= 15 is 0 Å². The van der Waals surface area contributed by atoms with E-state index in [9.17, 15) is 24.3 Å². The van der Waals surface area contributed by atoms with Crippen molar-refractivity contribution in [2.45, 2.75) is 38.6 Å². The monoisotopic (exact) mass is 603 g/mol. The largest absolute Gasteiger partial charge is 0.481 e. The van der Waals surface area contributed by atoms with Gasteiger partial charge in [0.05, 0.1) is 29.4 Å². The number of benzene rings is 2. The van der Waals surface area contributed by atoms with Gasteiger partial charge in [0.1, 0.15) is 5.15 Å². The number of pyridine rings is 1. The number of carbonyl (C=O) groups is 4. The number of halogens is 1. The maximum absolute atomic E-state index is 13.5. The van der Waals surface area contributed by atoms with Crippen molar-refractivity contribution in [3.63, 3.8) is 0 Å². The summed E-state index contributed by atoms with van der Waals surface area (Å²) in [7, 11) is 0. The number of carbonyl (C=O) groups excluding carboxylic acids is 3. The average molecular weight is 604 g/mol. The first-order valence-corrected chi connectivity index (χ1v) is 14.8. The van der Waals surface area contributed by atoms with E-state index in [0.717, 1.165) is 24.8 Å². The fourth-order valence-corrected chi connectivity index (χ4v) is 5.30. The summed E-state index contributed by atoms with van der Waals surface area (Å²) in [5.74, 6) is -1.58. The molecular weight excluding hydrogens is 570 g/mol. The molecule has 224 valence electrons. The van der Waals surface area contributed by atoms with Gasteiger partial charge in [-0.2, -0.15) is 0 Å². The van der Waals surface area contributed by atoms with E-state index in [-0.39, 0.29) is 29.0 Å². The Morgan fingerprint density at radius 1 is 0.953 bits per heavy atom. The molecule has 3 N–H and O–H groups in total. The van der Waals surface area contributed by atoms with Crippen molar-refractivity contribution >= 4 is 46.7 Å². The smallest absolute Gasteiger partial charge is 0.305 e. The number of aryl methyl sites for hydroxylation is 1. The van der Waals surface area contributed by atoms with Crippen LogP contribution in [0.2, 0.25) is 5.15 Å². The molecule has 43 heavy (non-hydrogen) atoms. The zero-order valence-corrected chi connectivity index (χ0v) is 24.6. The standard InChI is InChI=1S/C32H34ClN5O5/c1-20-3-5-21(6-4-20)25(18-29(39)40)35-30(41)23-9-11-27(26(17-23)36-31(42)24-10-12-28(33)34-19-24)37-13-2-14-38(16-15-37)32(43)22-7-8-22/h3-6,9-12,17,19,22,25H,2,7-8,13-16,18H2,1H3,(H,35,41)(H,36,42)(H,39,40). The zero-order chi connectivity index (χ0) is 30.5. The Bertz CT molecular complexity index is 1510. The summed E-state index contributed by atoms with van der Waals surface area (Å²) >= 11 is 5.90. The van der Waals surface area contributed by atoms with Gasteiger partial charge in [-0.3, -0.25) is 19.2 Å². The molecule has 1 atom stereocenters. The lowest BCUT2D eigenvalue weighted by molar-refractivity contribution is -0.137. The van der Waals surface area contributed by atoms with Crippen LogP contribution in [-0.2, 0) is 9.59 Å². The van der Waals surface area contributed by atoms with Crippen LogP contribution in [0.3, 0.4) is 0 Å². The van der Waals surface area contributed by atoms with Crippen molar-refractivity contribution in [2.24, 2.45) is 5.92 Å². The number of hydrogen-bond donors (Lipinski definition) is 3. The van der Waals surface area contributed by atoms with Crippen molar-refractivity contribution in [3.05, 3.63) is 88.2 Å². The Kier molecular flexibility index (Phi) is 9.25. The Morgan fingerprint density at radius 2 is 1.70 bits per heavy atom. The van der Waals surface area contributed by atoms with Crippen LogP contribution in [0.5, 0.6) is 0 Å². The SMILES string of the molecule is Cc1ccc(C(CC(=O)O)NC(=O)c2ccc(N3CCCN(C(=O)C4CC4)CC3)c(NC(=O)c3ccc(Cl)nc3)c2)cc1. The number of rotatable bonds is 9. The zero-order valence-electron chi connectivity index (χ0n) is 23.9. The number of nitrogens with zero attached hydrogens (tertiary/aromatic N) is 3. The molecule has 0 radical (unpaired) electrons. The highest BCUT2D eigenvalue weighted by atomic mass is 35.5. The fourth-order valence-electron chi connectivity index (χ4n) is 5.19. The molecule has 1 aliphatic heterocycles. The van der Waals surface area contributed by atoms with Gasteiger partial charge in [0.2, 0.25) is 5.91 Å². The normalized spacial score (nSPS) is 15.8. The highest BCUT2D eigenvalue weighted by molar-refractivity contribution is 6.29. The second kappa shape index (κ2) is 13.2. The first-order chi connectivity index (χ1) is 20.7. The summed E-state index contributed by atoms with van der Waals surface area (Å²) < 4.78 is 0. The van der Waals surface area contributed by atoms with Crippen molar-refractivity contribution in [1.29, 1.82) is 0 Å². The third-order valence-electron chi connectivity index (χ3n) is 7.74. The predicted molar refractivity (Wildman–Crippen MR) is 163 cm³/mol. The highest BCUT2D eigenvalue weighted by Crippen LogP contribution is 2.33. The number of carboxylic acid groups (broad SMARTS) is 1. The van der Waals surface area contributed by atoms with Gasteiger partial charge in [-0.15, -0.1) is 0 Å². The maximum Gasteiger partial charge on any atom is 0.305 e. The molecule has 1 aromatic heterocycles. The van der Waals surface area contributed by atoms with Gasteiger partial charge in [0.15, 0.2) is 0 Å².